The van der Waals surface area contributed by atoms with Crippen LogP contribution < -0.4 is 5.32 Å². The van der Waals surface area contributed by atoms with Crippen LogP contribution in [-0.4, -0.2) is 9.97 Å². The van der Waals surface area contributed by atoms with Crippen LogP contribution in [0.4, 0.5) is 24.7 Å². The summed E-state index contributed by atoms with van der Waals surface area (Å²) in [5, 5.41) is 3.34. The number of hydrogen-bond donors (Lipinski definition) is 1. The van der Waals surface area contributed by atoms with Gasteiger partial charge in [0.1, 0.15) is 11.0 Å². The van der Waals surface area contributed by atoms with Gasteiger partial charge in [0, 0.05) is 21.8 Å². The molecular formula is C18H12BrClF3N3. The summed E-state index contributed by atoms with van der Waals surface area (Å²) in [6, 6.07) is 11.9. The summed E-state index contributed by atoms with van der Waals surface area (Å²) in [5.41, 5.74) is 1.52. The minimum absolute atomic E-state index is 0.185. The monoisotopic (exact) mass is 441 g/mol. The normalized spacial score (nSPS) is 11.5. The lowest BCUT2D eigenvalue weighted by Gasteiger charge is -2.12. The van der Waals surface area contributed by atoms with E-state index in [1.54, 1.807) is 6.07 Å². The van der Waals surface area contributed by atoms with Crippen molar-refractivity contribution in [2.24, 2.45) is 0 Å². The minimum Gasteiger partial charge on any atom is -0.340 e. The number of alkyl halides is 3. The fourth-order valence-corrected chi connectivity index (χ4v) is 2.85. The van der Waals surface area contributed by atoms with Gasteiger partial charge in [-0.3, -0.25) is 0 Å². The van der Waals surface area contributed by atoms with E-state index in [0.29, 0.717) is 11.4 Å². The lowest BCUT2D eigenvalue weighted by Crippen LogP contribution is -2.04. The average Bonchev–Trinajstić information content (AvgIpc) is 2.58. The summed E-state index contributed by atoms with van der Waals surface area (Å²) in [4.78, 5) is 8.46. The molecule has 0 amide bonds. The van der Waals surface area contributed by atoms with Crippen LogP contribution in [0.1, 0.15) is 11.1 Å². The second-order valence-electron chi connectivity index (χ2n) is 5.51. The molecule has 0 fully saturated rings. The number of aromatic nitrogens is 2. The van der Waals surface area contributed by atoms with Crippen molar-refractivity contribution in [3.63, 3.8) is 0 Å². The molecule has 0 unspecified atom stereocenters. The third-order valence-corrected chi connectivity index (χ3v) is 4.75. The predicted molar refractivity (Wildman–Crippen MR) is 99.6 cm³/mol. The first-order valence-corrected chi connectivity index (χ1v) is 8.65. The lowest BCUT2D eigenvalue weighted by atomic mass is 10.1. The van der Waals surface area contributed by atoms with Crippen molar-refractivity contribution in [3.05, 3.63) is 69.3 Å². The molecule has 0 saturated heterocycles. The SMILES string of the molecule is Cc1c(Br)cccc1Nc1cc(Cl)nc(-c2ccc(C(F)(F)F)cc2)n1. The molecule has 3 aromatic rings. The lowest BCUT2D eigenvalue weighted by molar-refractivity contribution is -0.137. The number of nitrogens with one attached hydrogen (secondary N) is 1. The molecular weight excluding hydrogens is 431 g/mol. The second kappa shape index (κ2) is 7.25. The van der Waals surface area contributed by atoms with E-state index in [1.165, 1.54) is 12.1 Å². The van der Waals surface area contributed by atoms with Crippen molar-refractivity contribution < 1.29 is 13.2 Å². The van der Waals surface area contributed by atoms with E-state index in [-0.39, 0.29) is 11.0 Å². The van der Waals surface area contributed by atoms with E-state index < -0.39 is 11.7 Å². The first-order chi connectivity index (χ1) is 12.2. The zero-order valence-electron chi connectivity index (χ0n) is 13.4. The molecule has 8 heteroatoms. The van der Waals surface area contributed by atoms with Crippen molar-refractivity contribution >= 4 is 39.0 Å². The van der Waals surface area contributed by atoms with Gasteiger partial charge in [0.2, 0.25) is 0 Å². The van der Waals surface area contributed by atoms with E-state index >= 15 is 0 Å². The van der Waals surface area contributed by atoms with Crippen LogP contribution in [0.3, 0.4) is 0 Å². The summed E-state index contributed by atoms with van der Waals surface area (Å²) in [6.45, 7) is 1.94. The van der Waals surface area contributed by atoms with Gasteiger partial charge in [-0.05, 0) is 36.8 Å². The number of rotatable bonds is 3. The van der Waals surface area contributed by atoms with Crippen LogP contribution >= 0.6 is 27.5 Å². The van der Waals surface area contributed by atoms with Crippen LogP contribution in [0, 0.1) is 6.92 Å². The van der Waals surface area contributed by atoms with Crippen molar-refractivity contribution in [3.8, 4) is 11.4 Å². The van der Waals surface area contributed by atoms with Gasteiger partial charge >= 0.3 is 6.18 Å². The third kappa shape index (κ3) is 4.16. The minimum atomic E-state index is -4.39. The Kier molecular flexibility index (Phi) is 5.20. The molecule has 3 rings (SSSR count). The highest BCUT2D eigenvalue weighted by atomic mass is 79.9. The molecule has 0 atom stereocenters. The molecule has 26 heavy (non-hydrogen) atoms. The number of halogens is 5. The predicted octanol–water partition coefficient (Wildman–Crippen LogP) is 6.63. The Morgan fingerprint density at radius 1 is 1.04 bits per heavy atom. The van der Waals surface area contributed by atoms with Gasteiger partial charge in [-0.2, -0.15) is 13.2 Å². The largest absolute Gasteiger partial charge is 0.416 e. The molecule has 1 heterocycles. The Labute approximate surface area is 161 Å². The first-order valence-electron chi connectivity index (χ1n) is 7.48. The van der Waals surface area contributed by atoms with Gasteiger partial charge in [0.15, 0.2) is 5.82 Å². The van der Waals surface area contributed by atoms with Gasteiger partial charge in [0.05, 0.1) is 5.56 Å². The Bertz CT molecular complexity index is 943. The van der Waals surface area contributed by atoms with Gasteiger partial charge in [0.25, 0.3) is 0 Å². The molecule has 0 aliphatic carbocycles. The van der Waals surface area contributed by atoms with Crippen LogP contribution in [0.15, 0.2) is 53.0 Å². The van der Waals surface area contributed by atoms with Crippen molar-refractivity contribution in [1.82, 2.24) is 9.97 Å². The molecule has 3 nitrogen and oxygen atoms in total. The van der Waals surface area contributed by atoms with Gasteiger partial charge in [-0.1, -0.05) is 45.7 Å². The maximum Gasteiger partial charge on any atom is 0.416 e. The topological polar surface area (TPSA) is 37.8 Å². The highest BCUT2D eigenvalue weighted by Gasteiger charge is 2.30. The summed E-state index contributed by atoms with van der Waals surface area (Å²) in [6.07, 6.45) is -4.39. The summed E-state index contributed by atoms with van der Waals surface area (Å²) in [5.74, 6) is 0.683. The molecule has 1 N–H and O–H groups in total. The van der Waals surface area contributed by atoms with Gasteiger partial charge in [-0.15, -0.1) is 0 Å². The highest BCUT2D eigenvalue weighted by molar-refractivity contribution is 9.10. The number of anilines is 2. The molecule has 0 aliphatic heterocycles. The summed E-state index contributed by atoms with van der Waals surface area (Å²) in [7, 11) is 0. The van der Waals surface area contributed by atoms with Crippen LogP contribution in [0.25, 0.3) is 11.4 Å². The summed E-state index contributed by atoms with van der Waals surface area (Å²) < 4.78 is 39.0. The molecule has 0 aliphatic rings. The van der Waals surface area contributed by atoms with E-state index in [0.717, 1.165) is 27.9 Å². The molecule has 2 aromatic carbocycles. The van der Waals surface area contributed by atoms with Gasteiger partial charge in [-0.25, -0.2) is 9.97 Å². The fourth-order valence-electron chi connectivity index (χ4n) is 2.30. The average molecular weight is 443 g/mol. The molecule has 0 bridgehead atoms. The maximum atomic E-state index is 12.7. The van der Waals surface area contributed by atoms with Crippen LogP contribution in [-0.2, 0) is 6.18 Å². The number of benzene rings is 2. The third-order valence-electron chi connectivity index (χ3n) is 3.70. The number of nitrogens with zero attached hydrogens (tertiary/aromatic N) is 2. The molecule has 0 saturated carbocycles. The first kappa shape index (κ1) is 18.7. The fraction of sp³-hybridized carbons (Fsp3) is 0.111. The standard InChI is InChI=1S/C18H12BrClF3N3/c1-10-13(19)3-2-4-14(10)24-16-9-15(20)25-17(26-16)11-5-7-12(8-6-11)18(21,22)23/h2-9H,1H3,(H,24,25,26). The van der Waals surface area contributed by atoms with Crippen molar-refractivity contribution in [1.29, 1.82) is 0 Å². The van der Waals surface area contributed by atoms with Crippen LogP contribution in [0.2, 0.25) is 5.15 Å². The quantitative estimate of drug-likeness (QED) is 0.463. The zero-order valence-corrected chi connectivity index (χ0v) is 15.7. The Hall–Kier alpha value is -2.12. The Balaban J connectivity index is 1.94. The van der Waals surface area contributed by atoms with E-state index in [1.807, 2.05) is 25.1 Å². The van der Waals surface area contributed by atoms with E-state index in [9.17, 15) is 13.2 Å². The smallest absolute Gasteiger partial charge is 0.340 e. The highest BCUT2D eigenvalue weighted by Crippen LogP contribution is 2.31. The van der Waals surface area contributed by atoms with Gasteiger partial charge < -0.3 is 5.32 Å². The molecule has 134 valence electrons. The Morgan fingerprint density at radius 3 is 2.38 bits per heavy atom. The molecule has 1 aromatic heterocycles. The van der Waals surface area contributed by atoms with E-state index in [2.05, 4.69) is 31.2 Å². The summed E-state index contributed by atoms with van der Waals surface area (Å²) >= 11 is 9.52. The molecule has 0 spiro atoms. The molecule has 0 radical (unpaired) electrons. The van der Waals surface area contributed by atoms with Crippen molar-refractivity contribution in [2.75, 3.05) is 5.32 Å². The van der Waals surface area contributed by atoms with Crippen molar-refractivity contribution in [2.45, 2.75) is 13.1 Å². The Morgan fingerprint density at radius 2 is 1.73 bits per heavy atom. The van der Waals surface area contributed by atoms with Crippen LogP contribution in [0.5, 0.6) is 0 Å². The second-order valence-corrected chi connectivity index (χ2v) is 6.75. The van der Waals surface area contributed by atoms with E-state index in [4.69, 9.17) is 11.6 Å². The maximum absolute atomic E-state index is 12.7. The number of hydrogen-bond acceptors (Lipinski definition) is 3. The zero-order chi connectivity index (χ0) is 18.9.